The van der Waals surface area contributed by atoms with E-state index in [1.165, 1.54) is 42.6 Å². The second kappa shape index (κ2) is 9.99. The van der Waals surface area contributed by atoms with Gasteiger partial charge in [-0.1, -0.05) is 18.2 Å². The van der Waals surface area contributed by atoms with Crippen LogP contribution in [0.3, 0.4) is 0 Å². The summed E-state index contributed by atoms with van der Waals surface area (Å²) < 4.78 is 55.5. The Morgan fingerprint density at radius 3 is 2.41 bits per heavy atom. The van der Waals surface area contributed by atoms with Crippen LogP contribution in [0.4, 0.5) is 22.4 Å². The number of carbonyl (C=O) groups is 1. The highest BCUT2D eigenvalue weighted by molar-refractivity contribution is 9.10. The number of nitrogens with zero attached hydrogens (tertiary/aromatic N) is 1. The fourth-order valence-corrected chi connectivity index (χ4v) is 3.38. The van der Waals surface area contributed by atoms with E-state index >= 15 is 0 Å². The van der Waals surface area contributed by atoms with Crippen molar-refractivity contribution in [3.8, 4) is 16.9 Å². The van der Waals surface area contributed by atoms with Gasteiger partial charge in [0.1, 0.15) is 17.1 Å². The van der Waals surface area contributed by atoms with E-state index in [2.05, 4.69) is 26.0 Å². The summed E-state index contributed by atoms with van der Waals surface area (Å²) in [7, 11) is 0. The molecule has 0 fully saturated rings. The standard InChI is InChI=1S/C22H18BrF4N3O2/c23-18-12-14(3-9-19(18)24)2-1-11-29-21(31)30-13-16(6-10-20(30)28)15-4-7-17(8-5-15)32-22(25,26)27/h3-10,12-13,28H,1-2,11H2,(H,29,31). The Labute approximate surface area is 189 Å². The molecule has 0 aliphatic heterocycles. The molecule has 0 saturated heterocycles. The Morgan fingerprint density at radius 1 is 1.06 bits per heavy atom. The van der Waals surface area contributed by atoms with Crippen molar-refractivity contribution < 1.29 is 27.1 Å². The highest BCUT2D eigenvalue weighted by atomic mass is 79.9. The van der Waals surface area contributed by atoms with Gasteiger partial charge in [0.05, 0.1) is 4.47 Å². The Bertz CT molecular complexity index is 1160. The van der Waals surface area contributed by atoms with Crippen LogP contribution >= 0.6 is 15.9 Å². The first-order chi connectivity index (χ1) is 15.1. The second-order valence-electron chi connectivity index (χ2n) is 6.83. The number of hydrogen-bond donors (Lipinski definition) is 2. The molecule has 0 unspecified atom stereocenters. The molecule has 0 radical (unpaired) electrons. The molecule has 10 heteroatoms. The zero-order chi connectivity index (χ0) is 23.3. The monoisotopic (exact) mass is 511 g/mol. The Balaban J connectivity index is 1.62. The van der Waals surface area contributed by atoms with E-state index in [1.807, 2.05) is 0 Å². The zero-order valence-corrected chi connectivity index (χ0v) is 18.1. The molecule has 2 N–H and O–H groups in total. The minimum absolute atomic E-state index is 0.0502. The van der Waals surface area contributed by atoms with E-state index in [-0.39, 0.29) is 17.1 Å². The molecule has 32 heavy (non-hydrogen) atoms. The fourth-order valence-electron chi connectivity index (χ4n) is 2.96. The quantitative estimate of drug-likeness (QED) is 0.333. The largest absolute Gasteiger partial charge is 0.573 e. The van der Waals surface area contributed by atoms with Crippen LogP contribution in [0, 0.1) is 11.2 Å². The molecular formula is C22H18BrF4N3O2. The molecule has 168 valence electrons. The average molecular weight is 512 g/mol. The SMILES string of the molecule is N=c1ccc(-c2ccc(OC(F)(F)F)cc2)cn1C(=O)NCCCc1ccc(F)c(Br)c1. The molecule has 0 aliphatic rings. The minimum atomic E-state index is -4.78. The van der Waals surface area contributed by atoms with E-state index in [1.54, 1.807) is 18.2 Å². The van der Waals surface area contributed by atoms with Gasteiger partial charge < -0.3 is 10.1 Å². The van der Waals surface area contributed by atoms with Crippen LogP contribution in [-0.4, -0.2) is 23.5 Å². The van der Waals surface area contributed by atoms with Crippen LogP contribution in [0.25, 0.3) is 11.1 Å². The molecule has 5 nitrogen and oxygen atoms in total. The van der Waals surface area contributed by atoms with E-state index in [4.69, 9.17) is 5.41 Å². The van der Waals surface area contributed by atoms with Crippen LogP contribution in [0.5, 0.6) is 5.75 Å². The van der Waals surface area contributed by atoms with E-state index in [0.717, 1.165) is 10.1 Å². The number of nitrogens with one attached hydrogen (secondary N) is 2. The summed E-state index contributed by atoms with van der Waals surface area (Å²) in [5.41, 5.74) is 1.97. The van der Waals surface area contributed by atoms with Gasteiger partial charge in [0, 0.05) is 12.7 Å². The summed E-state index contributed by atoms with van der Waals surface area (Å²) in [5.74, 6) is -0.694. The Morgan fingerprint density at radius 2 is 1.75 bits per heavy atom. The lowest BCUT2D eigenvalue weighted by atomic mass is 10.1. The predicted molar refractivity (Wildman–Crippen MR) is 114 cm³/mol. The van der Waals surface area contributed by atoms with Gasteiger partial charge in [0.15, 0.2) is 0 Å². The van der Waals surface area contributed by atoms with Crippen LogP contribution in [0.1, 0.15) is 12.0 Å². The first kappa shape index (κ1) is 23.5. The van der Waals surface area contributed by atoms with Gasteiger partial charge in [-0.3, -0.25) is 9.98 Å². The molecule has 0 bridgehead atoms. The number of aromatic nitrogens is 1. The third-order valence-corrected chi connectivity index (χ3v) is 5.10. The van der Waals surface area contributed by atoms with E-state index in [0.29, 0.717) is 35.0 Å². The van der Waals surface area contributed by atoms with Gasteiger partial charge in [0.2, 0.25) is 0 Å². The lowest BCUT2D eigenvalue weighted by Gasteiger charge is -2.12. The van der Waals surface area contributed by atoms with Crippen LogP contribution < -0.4 is 15.5 Å². The second-order valence-corrected chi connectivity index (χ2v) is 7.68. The van der Waals surface area contributed by atoms with Crippen LogP contribution in [-0.2, 0) is 6.42 Å². The van der Waals surface area contributed by atoms with Gasteiger partial charge in [0.25, 0.3) is 0 Å². The smallest absolute Gasteiger partial charge is 0.406 e. The number of halogens is 5. The molecule has 2 aromatic carbocycles. The van der Waals surface area contributed by atoms with Crippen molar-refractivity contribution in [1.29, 1.82) is 5.41 Å². The van der Waals surface area contributed by atoms with Gasteiger partial charge in [-0.05, 0) is 81.9 Å². The molecule has 3 aromatic rings. The summed E-state index contributed by atoms with van der Waals surface area (Å²) in [4.78, 5) is 12.5. The molecule has 1 aromatic heterocycles. The molecule has 0 saturated carbocycles. The molecule has 1 amide bonds. The van der Waals surface area contributed by atoms with Crippen molar-refractivity contribution in [2.45, 2.75) is 19.2 Å². The number of hydrogen-bond acceptors (Lipinski definition) is 3. The molecule has 0 spiro atoms. The summed E-state index contributed by atoms with van der Waals surface area (Å²) in [6.07, 6.45) is -2.10. The maximum atomic E-state index is 13.3. The normalized spacial score (nSPS) is 11.3. The van der Waals surface area contributed by atoms with Crippen molar-refractivity contribution in [2.75, 3.05) is 6.54 Å². The van der Waals surface area contributed by atoms with Gasteiger partial charge in [-0.15, -0.1) is 13.2 Å². The number of carbonyl (C=O) groups excluding carboxylic acids is 1. The highest BCUT2D eigenvalue weighted by Gasteiger charge is 2.30. The highest BCUT2D eigenvalue weighted by Crippen LogP contribution is 2.26. The van der Waals surface area contributed by atoms with Crippen LogP contribution in [0.15, 0.2) is 65.3 Å². The maximum Gasteiger partial charge on any atom is 0.573 e. The summed E-state index contributed by atoms with van der Waals surface area (Å²) in [6.45, 7) is 0.341. The number of amides is 1. The van der Waals surface area contributed by atoms with Crippen LogP contribution in [0.2, 0.25) is 0 Å². The number of ether oxygens (including phenoxy) is 1. The fraction of sp³-hybridized carbons (Fsp3) is 0.182. The van der Waals surface area contributed by atoms with Crippen molar-refractivity contribution in [2.24, 2.45) is 0 Å². The van der Waals surface area contributed by atoms with E-state index in [9.17, 15) is 22.4 Å². The summed E-state index contributed by atoms with van der Waals surface area (Å²) in [6, 6.07) is 12.5. The number of benzene rings is 2. The van der Waals surface area contributed by atoms with Gasteiger partial charge >= 0.3 is 12.4 Å². The summed E-state index contributed by atoms with van der Waals surface area (Å²) in [5, 5.41) is 10.7. The number of pyridine rings is 1. The third-order valence-electron chi connectivity index (χ3n) is 4.49. The average Bonchev–Trinajstić information content (AvgIpc) is 2.73. The Kier molecular flexibility index (Phi) is 7.34. The van der Waals surface area contributed by atoms with Crippen molar-refractivity contribution >= 4 is 22.0 Å². The minimum Gasteiger partial charge on any atom is -0.406 e. The van der Waals surface area contributed by atoms with Gasteiger partial charge in [-0.25, -0.2) is 9.18 Å². The molecule has 0 aliphatic carbocycles. The number of aryl methyl sites for hydroxylation is 1. The molecule has 3 rings (SSSR count). The van der Waals surface area contributed by atoms with Crippen molar-refractivity contribution in [3.05, 3.63) is 82.1 Å². The number of alkyl halides is 3. The Hall–Kier alpha value is -3.14. The molecule has 0 atom stereocenters. The van der Waals surface area contributed by atoms with Crippen molar-refractivity contribution in [1.82, 2.24) is 9.88 Å². The first-order valence-electron chi connectivity index (χ1n) is 9.48. The lowest BCUT2D eigenvalue weighted by Crippen LogP contribution is -2.36. The van der Waals surface area contributed by atoms with Gasteiger partial charge in [-0.2, -0.15) is 0 Å². The molecule has 1 heterocycles. The number of rotatable bonds is 6. The summed E-state index contributed by atoms with van der Waals surface area (Å²) >= 11 is 3.13. The third kappa shape index (κ3) is 6.43. The van der Waals surface area contributed by atoms with E-state index < -0.39 is 12.4 Å². The van der Waals surface area contributed by atoms with Crippen molar-refractivity contribution in [3.63, 3.8) is 0 Å². The lowest BCUT2D eigenvalue weighted by molar-refractivity contribution is -0.274. The zero-order valence-electron chi connectivity index (χ0n) is 16.5. The topological polar surface area (TPSA) is 67.1 Å². The first-order valence-corrected chi connectivity index (χ1v) is 10.3. The predicted octanol–water partition coefficient (Wildman–Crippen LogP) is 5.63. The maximum absolute atomic E-state index is 13.3. The molecular weight excluding hydrogens is 494 g/mol.